The highest BCUT2D eigenvalue weighted by Crippen LogP contribution is 2.28. The van der Waals surface area contributed by atoms with Crippen LogP contribution in [0.3, 0.4) is 0 Å². The van der Waals surface area contributed by atoms with Gasteiger partial charge in [0.1, 0.15) is 11.9 Å². The number of anilines is 1. The number of quaternary nitrogens is 1. The molecule has 2 aliphatic rings. The molecule has 146 valence electrons. The standard InChI is InChI=1S/C25H37N2/c1-3-4-5-6-7-8-9-10-11-12-20-27(2)21-14-16-23-18-17-22-15-13-19-26-24(22)25(23)27/h13-19,21,26H,3-12,20H2,1-2H3/q+1. The maximum Gasteiger partial charge on any atom is 0.168 e. The topological polar surface area (TPSA) is 12.0 Å². The van der Waals surface area contributed by atoms with Crippen LogP contribution in [0, 0.1) is 0 Å². The van der Waals surface area contributed by atoms with Gasteiger partial charge in [0.2, 0.25) is 0 Å². The maximum atomic E-state index is 3.50. The highest BCUT2D eigenvalue weighted by atomic mass is 15.3. The molecule has 0 saturated carbocycles. The lowest BCUT2D eigenvalue weighted by Crippen LogP contribution is -2.46. The molecule has 0 fully saturated rings. The number of hydrogen-bond donors (Lipinski definition) is 1. The molecule has 1 unspecified atom stereocenters. The van der Waals surface area contributed by atoms with E-state index >= 15 is 0 Å². The van der Waals surface area contributed by atoms with Crippen LogP contribution in [-0.4, -0.2) is 13.6 Å². The summed E-state index contributed by atoms with van der Waals surface area (Å²) >= 11 is 0. The van der Waals surface area contributed by atoms with Crippen molar-refractivity contribution in [2.75, 3.05) is 18.9 Å². The van der Waals surface area contributed by atoms with Crippen LogP contribution in [0.2, 0.25) is 0 Å². The zero-order valence-electron chi connectivity index (χ0n) is 17.3. The third kappa shape index (κ3) is 5.13. The zero-order chi connectivity index (χ0) is 19.0. The average Bonchev–Trinajstić information content (AvgIpc) is 2.69. The van der Waals surface area contributed by atoms with Gasteiger partial charge in [-0.3, -0.25) is 4.48 Å². The largest absolute Gasteiger partial charge is 0.356 e. The van der Waals surface area contributed by atoms with Gasteiger partial charge in [0, 0.05) is 16.6 Å². The fourth-order valence-corrected chi connectivity index (χ4v) is 4.41. The first kappa shape index (κ1) is 19.9. The van der Waals surface area contributed by atoms with Gasteiger partial charge in [-0.15, -0.1) is 0 Å². The number of allylic oxidation sites excluding steroid dienone is 2. The molecule has 1 aromatic rings. The van der Waals surface area contributed by atoms with Crippen LogP contribution >= 0.6 is 0 Å². The number of nitrogens with zero attached hydrogens (tertiary/aromatic N) is 1. The molecule has 0 saturated heterocycles. The van der Waals surface area contributed by atoms with Crippen molar-refractivity contribution in [3.63, 3.8) is 0 Å². The third-order valence-electron chi connectivity index (χ3n) is 6.02. The average molecular weight is 366 g/mol. The van der Waals surface area contributed by atoms with E-state index in [1.165, 1.54) is 92.6 Å². The molecule has 3 rings (SSSR count). The summed E-state index contributed by atoms with van der Waals surface area (Å²) in [5.74, 6) is 0. The Bertz CT molecular complexity index is 787. The summed E-state index contributed by atoms with van der Waals surface area (Å²) in [7, 11) is 2.36. The van der Waals surface area contributed by atoms with Crippen molar-refractivity contribution in [1.29, 1.82) is 0 Å². The first-order valence-electron chi connectivity index (χ1n) is 11.1. The molecule has 2 heteroatoms. The van der Waals surface area contributed by atoms with Crippen LogP contribution < -0.4 is 20.2 Å². The molecular formula is C25H37N2+. The molecule has 1 aromatic carbocycles. The number of rotatable bonds is 11. The molecular weight excluding hydrogens is 328 g/mol. The van der Waals surface area contributed by atoms with Gasteiger partial charge >= 0.3 is 0 Å². The second kappa shape index (κ2) is 9.94. The summed E-state index contributed by atoms with van der Waals surface area (Å²) < 4.78 is 0.903. The summed E-state index contributed by atoms with van der Waals surface area (Å²) in [6.45, 7) is 3.47. The molecule has 0 spiro atoms. The molecule has 1 N–H and O–H groups in total. The van der Waals surface area contributed by atoms with E-state index in [9.17, 15) is 0 Å². The van der Waals surface area contributed by atoms with E-state index in [2.05, 4.69) is 61.9 Å². The van der Waals surface area contributed by atoms with Gasteiger partial charge in [0.25, 0.3) is 0 Å². The SMILES string of the molecule is CCCCCCCCCCCC[N+]1(C)C=CC=c2ccc3c(c21)NC=CC=3. The van der Waals surface area contributed by atoms with Crippen molar-refractivity contribution in [3.8, 4) is 0 Å². The number of fused-ring (bicyclic) bond motifs is 3. The predicted octanol–water partition coefficient (Wildman–Crippen LogP) is 5.57. The Kier molecular flexibility index (Phi) is 7.34. The highest BCUT2D eigenvalue weighted by Gasteiger charge is 2.29. The fourth-order valence-electron chi connectivity index (χ4n) is 4.41. The second-order valence-electron chi connectivity index (χ2n) is 8.32. The van der Waals surface area contributed by atoms with Crippen molar-refractivity contribution in [2.24, 2.45) is 0 Å². The lowest BCUT2D eigenvalue weighted by molar-refractivity contribution is 0.416. The molecule has 1 atom stereocenters. The maximum absolute atomic E-state index is 3.50. The van der Waals surface area contributed by atoms with Gasteiger partial charge in [0.15, 0.2) is 5.69 Å². The molecule has 0 bridgehead atoms. The van der Waals surface area contributed by atoms with Gasteiger partial charge in [0.05, 0.1) is 13.6 Å². The minimum atomic E-state index is 0.903. The molecule has 0 aliphatic carbocycles. The molecule has 2 heterocycles. The molecule has 27 heavy (non-hydrogen) atoms. The quantitative estimate of drug-likeness (QED) is 0.399. The van der Waals surface area contributed by atoms with E-state index in [1.54, 1.807) is 0 Å². The van der Waals surface area contributed by atoms with E-state index in [1.807, 2.05) is 6.20 Å². The molecule has 0 radical (unpaired) electrons. The van der Waals surface area contributed by atoms with Crippen LogP contribution in [0.4, 0.5) is 11.4 Å². The lowest BCUT2D eigenvalue weighted by Gasteiger charge is -2.34. The summed E-state index contributed by atoms with van der Waals surface area (Å²) in [5, 5.41) is 6.15. The number of unbranched alkanes of at least 4 members (excludes halogenated alkanes) is 9. The van der Waals surface area contributed by atoms with Gasteiger partial charge in [-0.25, -0.2) is 0 Å². The number of hydrogen-bond acceptors (Lipinski definition) is 1. The zero-order valence-corrected chi connectivity index (χ0v) is 17.3. The van der Waals surface area contributed by atoms with E-state index in [0.29, 0.717) is 0 Å². The minimum Gasteiger partial charge on any atom is -0.356 e. The van der Waals surface area contributed by atoms with Crippen LogP contribution in [0.1, 0.15) is 71.1 Å². The van der Waals surface area contributed by atoms with Crippen LogP contribution in [-0.2, 0) is 0 Å². The Hall–Kier alpha value is -1.80. The predicted molar refractivity (Wildman–Crippen MR) is 121 cm³/mol. The van der Waals surface area contributed by atoms with Crippen LogP contribution in [0.25, 0.3) is 12.2 Å². The Morgan fingerprint density at radius 3 is 2.15 bits per heavy atom. The minimum absolute atomic E-state index is 0.903. The van der Waals surface area contributed by atoms with Gasteiger partial charge in [-0.2, -0.15) is 0 Å². The van der Waals surface area contributed by atoms with Crippen molar-refractivity contribution in [3.05, 3.63) is 47.1 Å². The molecule has 0 aromatic heterocycles. The number of benzene rings is 1. The van der Waals surface area contributed by atoms with Crippen molar-refractivity contribution in [2.45, 2.75) is 71.1 Å². The monoisotopic (exact) mass is 365 g/mol. The smallest absolute Gasteiger partial charge is 0.168 e. The Morgan fingerprint density at radius 1 is 0.778 bits per heavy atom. The first-order chi connectivity index (χ1) is 13.2. The summed E-state index contributed by atoms with van der Waals surface area (Å²) in [5.41, 5.74) is 2.71. The summed E-state index contributed by atoms with van der Waals surface area (Å²) in [6, 6.07) is 4.50. The molecule has 2 aliphatic heterocycles. The fraction of sp³-hybridized carbons (Fsp3) is 0.520. The second-order valence-corrected chi connectivity index (χ2v) is 8.32. The first-order valence-corrected chi connectivity index (χ1v) is 11.1. The Balaban J connectivity index is 1.50. The number of nitrogens with one attached hydrogen (secondary N) is 1. The van der Waals surface area contributed by atoms with Crippen LogP contribution in [0.15, 0.2) is 36.7 Å². The lowest BCUT2D eigenvalue weighted by atomic mass is 10.0. The highest BCUT2D eigenvalue weighted by molar-refractivity contribution is 5.77. The van der Waals surface area contributed by atoms with Crippen LogP contribution in [0.5, 0.6) is 0 Å². The van der Waals surface area contributed by atoms with Gasteiger partial charge in [-0.05, 0) is 37.1 Å². The Labute approximate surface area is 165 Å². The summed E-state index contributed by atoms with van der Waals surface area (Å²) in [6.07, 6.45) is 27.1. The third-order valence-corrected chi connectivity index (χ3v) is 6.02. The Morgan fingerprint density at radius 2 is 1.41 bits per heavy atom. The van der Waals surface area contributed by atoms with E-state index in [-0.39, 0.29) is 0 Å². The van der Waals surface area contributed by atoms with E-state index in [0.717, 1.165) is 4.48 Å². The molecule has 0 amide bonds. The van der Waals surface area contributed by atoms with E-state index < -0.39 is 0 Å². The van der Waals surface area contributed by atoms with Crippen molar-refractivity contribution < 1.29 is 0 Å². The van der Waals surface area contributed by atoms with Crippen molar-refractivity contribution in [1.82, 2.24) is 4.48 Å². The normalized spacial score (nSPS) is 19.6. The van der Waals surface area contributed by atoms with Crippen molar-refractivity contribution >= 4 is 23.5 Å². The summed E-state index contributed by atoms with van der Waals surface area (Å²) in [4.78, 5) is 0. The van der Waals surface area contributed by atoms with Gasteiger partial charge < -0.3 is 5.32 Å². The molecule has 2 nitrogen and oxygen atoms in total. The van der Waals surface area contributed by atoms with E-state index in [4.69, 9.17) is 0 Å². The van der Waals surface area contributed by atoms with Gasteiger partial charge in [-0.1, -0.05) is 70.4 Å².